The van der Waals surface area contributed by atoms with Crippen molar-refractivity contribution >= 4 is 45.1 Å². The van der Waals surface area contributed by atoms with Gasteiger partial charge in [-0.1, -0.05) is 12.1 Å². The normalized spacial score (nSPS) is 15.9. The van der Waals surface area contributed by atoms with Gasteiger partial charge in [-0.15, -0.1) is 23.1 Å². The predicted octanol–water partition coefficient (Wildman–Crippen LogP) is 4.86. The van der Waals surface area contributed by atoms with Crippen molar-refractivity contribution in [2.75, 3.05) is 11.2 Å². The van der Waals surface area contributed by atoms with E-state index in [1.165, 1.54) is 28.4 Å². The molecule has 0 fully saturated rings. The Morgan fingerprint density at radius 1 is 1.17 bits per heavy atom. The number of aromatic nitrogens is 1. The smallest absolute Gasteiger partial charge is 0.297 e. The average Bonchev–Trinajstić information content (AvgIpc) is 3.35. The minimum absolute atomic E-state index is 0.0248. The molecule has 0 saturated carbocycles. The van der Waals surface area contributed by atoms with Crippen LogP contribution in [-0.2, 0) is 0 Å². The number of thiazole rings is 1. The molecule has 8 heteroatoms. The lowest BCUT2D eigenvalue weighted by atomic mass is 9.99. The summed E-state index contributed by atoms with van der Waals surface area (Å²) in [6, 6.07) is 10.7. The van der Waals surface area contributed by atoms with Crippen LogP contribution in [0.15, 0.2) is 68.1 Å². The van der Waals surface area contributed by atoms with Crippen LogP contribution >= 0.6 is 23.1 Å². The minimum Gasteiger partial charge on any atom is -0.450 e. The van der Waals surface area contributed by atoms with Crippen molar-refractivity contribution in [2.24, 2.45) is 0 Å². The maximum absolute atomic E-state index is 13.8. The summed E-state index contributed by atoms with van der Waals surface area (Å²) in [5.41, 5.74) is 0.737. The molecule has 3 heterocycles. The first-order chi connectivity index (χ1) is 14.1. The fourth-order valence-corrected chi connectivity index (χ4v) is 4.65. The summed E-state index contributed by atoms with van der Waals surface area (Å²) in [5.74, 6) is -0.993. The van der Waals surface area contributed by atoms with Gasteiger partial charge in [0, 0.05) is 16.5 Å². The lowest BCUT2D eigenvalue weighted by Gasteiger charge is -2.22. The fourth-order valence-electron chi connectivity index (χ4n) is 3.58. The maximum Gasteiger partial charge on any atom is 0.297 e. The molecule has 0 aliphatic carbocycles. The Labute approximate surface area is 172 Å². The molecule has 0 bridgehead atoms. The van der Waals surface area contributed by atoms with Crippen molar-refractivity contribution in [1.29, 1.82) is 0 Å². The lowest BCUT2D eigenvalue weighted by molar-refractivity contribution is 0.0971. The molecule has 1 amide bonds. The SMILES string of the molecule is CSc1ccc(C2c3c(oc4ccc(F)cc4c3=O)C(=O)N2c2nccs2)cc1. The largest absolute Gasteiger partial charge is 0.450 e. The monoisotopic (exact) mass is 424 g/mol. The van der Waals surface area contributed by atoms with Gasteiger partial charge in [0.05, 0.1) is 17.0 Å². The molecular weight excluding hydrogens is 411 g/mol. The number of anilines is 1. The number of halogens is 1. The zero-order valence-electron chi connectivity index (χ0n) is 15.1. The maximum atomic E-state index is 13.8. The van der Waals surface area contributed by atoms with Crippen LogP contribution in [0.3, 0.4) is 0 Å². The first-order valence-electron chi connectivity index (χ1n) is 8.71. The van der Waals surface area contributed by atoms with Crippen molar-refractivity contribution in [3.8, 4) is 0 Å². The molecule has 5 nitrogen and oxygen atoms in total. The van der Waals surface area contributed by atoms with Crippen LogP contribution in [0.5, 0.6) is 0 Å². The third-order valence-corrected chi connectivity index (χ3v) is 6.40. The molecule has 0 radical (unpaired) electrons. The molecule has 5 rings (SSSR count). The highest BCUT2D eigenvalue weighted by molar-refractivity contribution is 7.98. The summed E-state index contributed by atoms with van der Waals surface area (Å²) in [6.45, 7) is 0. The third kappa shape index (κ3) is 2.79. The number of carbonyl (C=O) groups excluding carboxylic acids is 1. The molecule has 0 spiro atoms. The highest BCUT2D eigenvalue weighted by Crippen LogP contribution is 2.42. The molecule has 1 aliphatic rings. The van der Waals surface area contributed by atoms with Crippen molar-refractivity contribution in [3.05, 3.63) is 87.0 Å². The van der Waals surface area contributed by atoms with E-state index in [0.29, 0.717) is 5.13 Å². The van der Waals surface area contributed by atoms with Crippen LogP contribution in [-0.4, -0.2) is 17.1 Å². The Balaban J connectivity index is 1.80. The number of nitrogens with zero attached hydrogens (tertiary/aromatic N) is 2. The van der Waals surface area contributed by atoms with Gasteiger partial charge in [0.2, 0.25) is 5.76 Å². The number of fused-ring (bicyclic) bond motifs is 2. The average molecular weight is 424 g/mol. The van der Waals surface area contributed by atoms with E-state index in [9.17, 15) is 14.0 Å². The van der Waals surface area contributed by atoms with Gasteiger partial charge in [-0.25, -0.2) is 9.37 Å². The van der Waals surface area contributed by atoms with Crippen molar-refractivity contribution < 1.29 is 13.6 Å². The summed E-state index contributed by atoms with van der Waals surface area (Å²) >= 11 is 2.90. The van der Waals surface area contributed by atoms with E-state index < -0.39 is 23.2 Å². The number of amides is 1. The molecule has 1 unspecified atom stereocenters. The number of benzene rings is 2. The highest BCUT2D eigenvalue weighted by Gasteiger charge is 2.44. The van der Waals surface area contributed by atoms with Crippen molar-refractivity contribution in [2.45, 2.75) is 10.9 Å². The number of hydrogen-bond donors (Lipinski definition) is 0. The van der Waals surface area contributed by atoms with Gasteiger partial charge in [-0.05, 0) is 42.2 Å². The lowest BCUT2D eigenvalue weighted by Crippen LogP contribution is -2.29. The van der Waals surface area contributed by atoms with E-state index in [4.69, 9.17) is 4.42 Å². The second-order valence-electron chi connectivity index (χ2n) is 6.48. The Morgan fingerprint density at radius 3 is 2.66 bits per heavy atom. The van der Waals surface area contributed by atoms with Gasteiger partial charge in [0.15, 0.2) is 10.6 Å². The number of rotatable bonds is 3. The molecule has 0 N–H and O–H groups in total. The van der Waals surface area contributed by atoms with E-state index in [1.54, 1.807) is 23.3 Å². The van der Waals surface area contributed by atoms with Gasteiger partial charge < -0.3 is 4.42 Å². The summed E-state index contributed by atoms with van der Waals surface area (Å²) < 4.78 is 19.6. The molecule has 1 atom stereocenters. The van der Waals surface area contributed by atoms with E-state index in [2.05, 4.69) is 4.98 Å². The van der Waals surface area contributed by atoms with Gasteiger partial charge in [0.25, 0.3) is 5.91 Å². The predicted molar refractivity (Wildman–Crippen MR) is 111 cm³/mol. The van der Waals surface area contributed by atoms with Crippen molar-refractivity contribution in [3.63, 3.8) is 0 Å². The van der Waals surface area contributed by atoms with Crippen LogP contribution in [0.25, 0.3) is 11.0 Å². The second kappa shape index (κ2) is 6.82. The Bertz CT molecular complexity index is 1300. The zero-order chi connectivity index (χ0) is 20.1. The molecule has 2 aromatic heterocycles. The third-order valence-electron chi connectivity index (χ3n) is 4.89. The van der Waals surface area contributed by atoms with Gasteiger partial charge in [-0.3, -0.25) is 14.5 Å². The summed E-state index contributed by atoms with van der Waals surface area (Å²) in [6.07, 6.45) is 3.58. The minimum atomic E-state index is -0.691. The molecule has 29 heavy (non-hydrogen) atoms. The van der Waals surface area contributed by atoms with Crippen LogP contribution in [0.4, 0.5) is 9.52 Å². The topological polar surface area (TPSA) is 63.4 Å². The van der Waals surface area contributed by atoms with Gasteiger partial charge in [0.1, 0.15) is 11.4 Å². The molecule has 144 valence electrons. The van der Waals surface area contributed by atoms with Crippen LogP contribution < -0.4 is 10.3 Å². The van der Waals surface area contributed by atoms with Gasteiger partial charge >= 0.3 is 0 Å². The summed E-state index contributed by atoms with van der Waals surface area (Å²) in [4.78, 5) is 33.4. The number of carbonyl (C=O) groups is 1. The fraction of sp³-hybridized carbons (Fsp3) is 0.0952. The standard InChI is InChI=1S/C21H13FN2O3S2/c1-28-13-5-2-11(3-6-13)17-16-18(25)14-10-12(22)4-7-15(14)27-19(16)20(26)24(17)21-23-8-9-29-21/h2-10,17H,1H3. The molecule has 0 saturated heterocycles. The van der Waals surface area contributed by atoms with Crippen LogP contribution in [0.1, 0.15) is 27.7 Å². The molecular formula is C21H13FN2O3S2. The molecule has 4 aromatic rings. The van der Waals surface area contributed by atoms with E-state index in [0.717, 1.165) is 16.5 Å². The van der Waals surface area contributed by atoms with Crippen LogP contribution in [0, 0.1) is 5.82 Å². The highest BCUT2D eigenvalue weighted by atomic mass is 32.2. The van der Waals surface area contributed by atoms with E-state index in [-0.39, 0.29) is 22.3 Å². The first-order valence-corrected chi connectivity index (χ1v) is 10.8. The Hall–Kier alpha value is -2.97. The summed E-state index contributed by atoms with van der Waals surface area (Å²) in [7, 11) is 0. The number of thioether (sulfide) groups is 1. The Morgan fingerprint density at radius 2 is 1.97 bits per heavy atom. The summed E-state index contributed by atoms with van der Waals surface area (Å²) in [5, 5.41) is 2.35. The van der Waals surface area contributed by atoms with Crippen molar-refractivity contribution in [1.82, 2.24) is 4.98 Å². The molecule has 1 aliphatic heterocycles. The Kier molecular flexibility index (Phi) is 4.25. The zero-order valence-corrected chi connectivity index (χ0v) is 16.7. The second-order valence-corrected chi connectivity index (χ2v) is 8.23. The molecule has 2 aromatic carbocycles. The van der Waals surface area contributed by atoms with E-state index >= 15 is 0 Å². The van der Waals surface area contributed by atoms with E-state index in [1.807, 2.05) is 30.5 Å². The van der Waals surface area contributed by atoms with Gasteiger partial charge in [-0.2, -0.15) is 0 Å². The number of hydrogen-bond acceptors (Lipinski definition) is 6. The quantitative estimate of drug-likeness (QED) is 0.440. The first kappa shape index (κ1) is 18.1. The van der Waals surface area contributed by atoms with Crippen LogP contribution in [0.2, 0.25) is 0 Å².